The molecule has 2 saturated heterocycles. The number of nitrogens with zero attached hydrogens (tertiary/aromatic N) is 6. The molecule has 2 atom stereocenters. The number of methoxy groups -OCH3 is 4. The third-order valence-corrected chi connectivity index (χ3v) is 9.84. The van der Waals surface area contributed by atoms with Crippen LogP contribution in [0, 0.1) is 5.92 Å². The molecule has 268 valence electrons. The van der Waals surface area contributed by atoms with Crippen molar-refractivity contribution in [1.29, 1.82) is 0 Å². The Morgan fingerprint density at radius 3 is 1.61 bits per heavy atom. The van der Waals surface area contributed by atoms with Gasteiger partial charge in [0.05, 0.1) is 53.7 Å². The second-order valence-corrected chi connectivity index (χ2v) is 13.0. The molecule has 0 unspecified atom stereocenters. The van der Waals surface area contributed by atoms with Crippen molar-refractivity contribution in [2.45, 2.75) is 44.3 Å². The summed E-state index contributed by atoms with van der Waals surface area (Å²) in [6.45, 7) is 4.86. The van der Waals surface area contributed by atoms with E-state index in [2.05, 4.69) is 54.0 Å². The van der Waals surface area contributed by atoms with Gasteiger partial charge in [-0.2, -0.15) is 0 Å². The molecule has 0 spiro atoms. The largest absolute Gasteiger partial charge is 0.493 e. The van der Waals surface area contributed by atoms with E-state index in [-0.39, 0.29) is 6.04 Å². The van der Waals surface area contributed by atoms with E-state index >= 15 is 0 Å². The molecule has 2 aromatic heterocycles. The average molecular weight is 695 g/mol. The van der Waals surface area contributed by atoms with Crippen LogP contribution in [0.2, 0.25) is 0 Å². The van der Waals surface area contributed by atoms with Crippen LogP contribution in [0.1, 0.15) is 31.2 Å². The second kappa shape index (κ2) is 15.9. The monoisotopic (exact) mass is 694 g/mol. The minimum atomic E-state index is 0.274. The lowest BCUT2D eigenvalue weighted by molar-refractivity contribution is 0.192. The molecule has 5 aromatic rings. The van der Waals surface area contributed by atoms with Gasteiger partial charge in [0.15, 0.2) is 23.0 Å². The van der Waals surface area contributed by atoms with Crippen molar-refractivity contribution in [1.82, 2.24) is 19.9 Å². The van der Waals surface area contributed by atoms with Crippen LogP contribution in [0.3, 0.4) is 0 Å². The molecule has 3 aromatic carbocycles. The average Bonchev–Trinajstić information content (AvgIpc) is 3.56. The maximum absolute atomic E-state index is 5.66. The lowest BCUT2D eigenvalue weighted by Crippen LogP contribution is -2.38. The smallest absolute Gasteiger partial charge is 0.187 e. The molecule has 1 saturated carbocycles. The first-order chi connectivity index (χ1) is 25.1. The van der Waals surface area contributed by atoms with Crippen LogP contribution < -0.4 is 28.7 Å². The number of fused-ring (bicyclic) bond motifs is 2. The van der Waals surface area contributed by atoms with E-state index in [0.717, 1.165) is 85.1 Å². The summed E-state index contributed by atoms with van der Waals surface area (Å²) >= 11 is 0. The molecule has 0 N–H and O–H groups in total. The Balaban J connectivity index is 0.000000160. The van der Waals surface area contributed by atoms with E-state index in [9.17, 15) is 0 Å². The predicted molar refractivity (Wildman–Crippen MR) is 196 cm³/mol. The van der Waals surface area contributed by atoms with Crippen LogP contribution in [0.4, 0.5) is 11.6 Å². The van der Waals surface area contributed by atoms with Crippen molar-refractivity contribution in [3.05, 3.63) is 72.8 Å². The number of ether oxygens (including phenoxy) is 6. The summed E-state index contributed by atoms with van der Waals surface area (Å²) in [4.78, 5) is 22.9. The zero-order valence-electron chi connectivity index (χ0n) is 29.8. The normalized spacial score (nSPS) is 18.3. The van der Waals surface area contributed by atoms with Crippen LogP contribution in [0.25, 0.3) is 21.8 Å². The first kappa shape index (κ1) is 34.5. The summed E-state index contributed by atoms with van der Waals surface area (Å²) in [6, 6.07) is 18.9. The molecule has 12 heteroatoms. The fraction of sp³-hybridized carbons (Fsp3) is 0.436. The highest BCUT2D eigenvalue weighted by Crippen LogP contribution is 2.40. The van der Waals surface area contributed by atoms with Crippen molar-refractivity contribution < 1.29 is 28.4 Å². The summed E-state index contributed by atoms with van der Waals surface area (Å²) in [5, 5.41) is 1.95. The van der Waals surface area contributed by atoms with Crippen molar-refractivity contribution in [3.63, 3.8) is 0 Å². The van der Waals surface area contributed by atoms with E-state index in [1.165, 1.54) is 18.4 Å². The number of aromatic nitrogens is 4. The number of anilines is 2. The van der Waals surface area contributed by atoms with Gasteiger partial charge in [-0.1, -0.05) is 30.3 Å². The van der Waals surface area contributed by atoms with Gasteiger partial charge in [-0.25, -0.2) is 19.9 Å². The van der Waals surface area contributed by atoms with Crippen LogP contribution in [-0.2, 0) is 16.0 Å². The van der Waals surface area contributed by atoms with Crippen LogP contribution in [-0.4, -0.2) is 93.4 Å². The van der Waals surface area contributed by atoms with Gasteiger partial charge in [0.1, 0.15) is 35.3 Å². The van der Waals surface area contributed by atoms with Gasteiger partial charge < -0.3 is 38.2 Å². The zero-order valence-corrected chi connectivity index (χ0v) is 29.8. The van der Waals surface area contributed by atoms with Crippen LogP contribution in [0.5, 0.6) is 23.0 Å². The van der Waals surface area contributed by atoms with Gasteiger partial charge in [0, 0.05) is 37.1 Å². The molecule has 0 amide bonds. The Hall–Kier alpha value is -4.94. The van der Waals surface area contributed by atoms with Crippen molar-refractivity contribution in [3.8, 4) is 23.0 Å². The summed E-state index contributed by atoms with van der Waals surface area (Å²) in [6.07, 6.45) is 7.86. The van der Waals surface area contributed by atoms with E-state index in [0.29, 0.717) is 35.6 Å². The Morgan fingerprint density at radius 2 is 1.14 bits per heavy atom. The molecule has 4 heterocycles. The Labute approximate surface area is 298 Å². The predicted octanol–water partition coefficient (Wildman–Crippen LogP) is 6.09. The summed E-state index contributed by atoms with van der Waals surface area (Å²) in [5.74, 6) is 5.27. The summed E-state index contributed by atoms with van der Waals surface area (Å²) < 4.78 is 33.2. The fourth-order valence-corrected chi connectivity index (χ4v) is 7.00. The summed E-state index contributed by atoms with van der Waals surface area (Å²) in [5.41, 5.74) is 2.78. The molecule has 8 rings (SSSR count). The first-order valence-corrected chi connectivity index (χ1v) is 17.6. The standard InChI is InChI=1S/C21H23N3O3.C18H23N3O3/c1-25-18-9-8-17-19(20(18)26-2)22-14-23-21(17)24(16-10-11-27-13-16)12-15-6-4-3-5-7-15;1-22-15-6-5-14-16(17(15)23-2)19-11-20-18(14)21(9-12-3-4-12)13-7-8-24-10-13/h3-9,14,16H,10-13H2,1-2H3;5-6,11-13H,3-4,7-10H2,1-2H3/t16-;13-/m00/s1. The van der Waals surface area contributed by atoms with E-state index in [4.69, 9.17) is 28.4 Å². The third-order valence-electron chi connectivity index (χ3n) is 9.84. The molecule has 51 heavy (non-hydrogen) atoms. The maximum atomic E-state index is 5.66. The highest BCUT2D eigenvalue weighted by molar-refractivity contribution is 5.96. The minimum Gasteiger partial charge on any atom is -0.493 e. The number of benzene rings is 3. The van der Waals surface area contributed by atoms with Crippen LogP contribution >= 0.6 is 0 Å². The number of hydrogen-bond acceptors (Lipinski definition) is 12. The molecule has 2 aliphatic heterocycles. The second-order valence-electron chi connectivity index (χ2n) is 13.0. The Morgan fingerprint density at radius 1 is 0.608 bits per heavy atom. The van der Waals surface area contributed by atoms with Gasteiger partial charge in [0.25, 0.3) is 0 Å². The molecule has 12 nitrogen and oxygen atoms in total. The SMILES string of the molecule is COc1ccc2c(N(CC3CC3)[C@H]3CCOC3)ncnc2c1OC.COc1ccc2c(N(Cc3ccccc3)[C@H]3CCOC3)ncnc2c1OC. The zero-order chi connectivity index (χ0) is 35.2. The van der Waals surface area contributed by atoms with Crippen molar-refractivity contribution >= 4 is 33.4 Å². The highest BCUT2D eigenvalue weighted by Gasteiger charge is 2.32. The molecule has 3 fully saturated rings. The number of rotatable bonds is 12. The molecular formula is C39H46N6O6. The number of hydrogen-bond donors (Lipinski definition) is 0. The van der Waals surface area contributed by atoms with Crippen LogP contribution in [0.15, 0.2) is 67.3 Å². The third kappa shape index (κ3) is 7.43. The quantitative estimate of drug-likeness (QED) is 0.151. The molecular weight excluding hydrogens is 648 g/mol. The highest BCUT2D eigenvalue weighted by atomic mass is 16.5. The molecule has 1 aliphatic carbocycles. The minimum absolute atomic E-state index is 0.274. The van der Waals surface area contributed by atoms with Crippen molar-refractivity contribution in [2.75, 3.05) is 71.2 Å². The molecule has 3 aliphatic rings. The van der Waals surface area contributed by atoms with Gasteiger partial charge in [-0.15, -0.1) is 0 Å². The maximum Gasteiger partial charge on any atom is 0.187 e. The van der Waals surface area contributed by atoms with E-state index in [1.54, 1.807) is 41.1 Å². The van der Waals surface area contributed by atoms with Gasteiger partial charge >= 0.3 is 0 Å². The topological polar surface area (TPSA) is 113 Å². The van der Waals surface area contributed by atoms with E-state index in [1.807, 2.05) is 30.3 Å². The van der Waals surface area contributed by atoms with Gasteiger partial charge in [-0.3, -0.25) is 0 Å². The molecule has 0 bridgehead atoms. The first-order valence-electron chi connectivity index (χ1n) is 17.6. The lowest BCUT2D eigenvalue weighted by Gasteiger charge is -2.30. The van der Waals surface area contributed by atoms with Crippen molar-refractivity contribution in [2.24, 2.45) is 5.92 Å². The Kier molecular flexibility index (Phi) is 10.8. The fourth-order valence-electron chi connectivity index (χ4n) is 7.00. The van der Waals surface area contributed by atoms with Gasteiger partial charge in [-0.05, 0) is 61.4 Å². The summed E-state index contributed by atoms with van der Waals surface area (Å²) in [7, 11) is 6.54. The lowest BCUT2D eigenvalue weighted by atomic mass is 10.1. The van der Waals surface area contributed by atoms with Gasteiger partial charge in [0.2, 0.25) is 0 Å². The van der Waals surface area contributed by atoms with E-state index < -0.39 is 0 Å². The molecule has 0 radical (unpaired) electrons. The Bertz CT molecular complexity index is 1910.